The maximum atomic E-state index is 12.6. The summed E-state index contributed by atoms with van der Waals surface area (Å²) in [5.74, 6) is 8.71. The number of aromatic amines is 1. The van der Waals surface area contributed by atoms with Crippen molar-refractivity contribution in [2.75, 3.05) is 44.3 Å². The number of amides is 1. The van der Waals surface area contributed by atoms with Crippen molar-refractivity contribution in [2.24, 2.45) is 5.92 Å². The molecular formula is C32H34N6O3S. The van der Waals surface area contributed by atoms with Crippen molar-refractivity contribution in [2.45, 2.75) is 39.0 Å². The smallest absolute Gasteiger partial charge is 0.223 e. The van der Waals surface area contributed by atoms with Crippen LogP contribution >= 0.6 is 11.3 Å². The van der Waals surface area contributed by atoms with E-state index in [0.717, 1.165) is 63.3 Å². The van der Waals surface area contributed by atoms with Crippen molar-refractivity contribution in [1.29, 1.82) is 0 Å². The number of thiophene rings is 1. The number of carbonyl (C=O) groups is 2. The van der Waals surface area contributed by atoms with E-state index in [-0.39, 0.29) is 30.4 Å². The number of carbonyl (C=O) groups excluding carboxylic acids is 2. The molecule has 9 nitrogen and oxygen atoms in total. The molecule has 0 saturated carbocycles. The van der Waals surface area contributed by atoms with Gasteiger partial charge in [0, 0.05) is 55.9 Å². The number of aromatic nitrogens is 4. The van der Waals surface area contributed by atoms with Crippen LogP contribution in [0, 0.1) is 17.8 Å². The Bertz CT molecular complexity index is 1700. The topological polar surface area (TPSA) is 104 Å². The van der Waals surface area contributed by atoms with E-state index in [4.69, 9.17) is 14.7 Å². The summed E-state index contributed by atoms with van der Waals surface area (Å²) >= 11 is 1.63. The molecule has 2 aliphatic rings. The summed E-state index contributed by atoms with van der Waals surface area (Å²) < 4.78 is 6.64. The van der Waals surface area contributed by atoms with Gasteiger partial charge in [0.1, 0.15) is 0 Å². The van der Waals surface area contributed by atoms with E-state index in [1.807, 2.05) is 36.2 Å². The number of allylic oxidation sites excluding steroid dienone is 1. The molecule has 4 aromatic rings. The van der Waals surface area contributed by atoms with Crippen LogP contribution in [0.3, 0.4) is 0 Å². The molecule has 1 aromatic carbocycles. The number of likely N-dealkylation sites (tertiary alicyclic amines) is 1. The van der Waals surface area contributed by atoms with Gasteiger partial charge >= 0.3 is 0 Å². The highest BCUT2D eigenvalue weighted by molar-refractivity contribution is 7.20. The van der Waals surface area contributed by atoms with Crippen molar-refractivity contribution in [3.8, 4) is 23.2 Å². The van der Waals surface area contributed by atoms with Gasteiger partial charge in [-0.1, -0.05) is 37.5 Å². The van der Waals surface area contributed by atoms with Crippen LogP contribution in [-0.4, -0.2) is 76.1 Å². The Balaban J connectivity index is 1.19. The van der Waals surface area contributed by atoms with Crippen LogP contribution in [-0.2, 0) is 14.3 Å². The van der Waals surface area contributed by atoms with Crippen molar-refractivity contribution >= 4 is 50.0 Å². The summed E-state index contributed by atoms with van der Waals surface area (Å²) in [6, 6.07) is 8.09. The quantitative estimate of drug-likeness (QED) is 0.242. The van der Waals surface area contributed by atoms with E-state index in [1.54, 1.807) is 11.3 Å². The van der Waals surface area contributed by atoms with E-state index >= 15 is 0 Å². The molecule has 2 fully saturated rings. The maximum Gasteiger partial charge on any atom is 0.223 e. The number of H-pyrrole nitrogens is 1. The Labute approximate surface area is 249 Å². The highest BCUT2D eigenvalue weighted by Crippen LogP contribution is 2.35. The van der Waals surface area contributed by atoms with Gasteiger partial charge < -0.3 is 14.5 Å². The van der Waals surface area contributed by atoms with Gasteiger partial charge in [0.15, 0.2) is 17.4 Å². The van der Waals surface area contributed by atoms with E-state index in [9.17, 15) is 9.59 Å². The van der Waals surface area contributed by atoms with Crippen LogP contribution in [0.25, 0.3) is 32.5 Å². The highest BCUT2D eigenvalue weighted by atomic mass is 32.1. The lowest BCUT2D eigenvalue weighted by Gasteiger charge is -2.29. The van der Waals surface area contributed by atoms with Crippen molar-refractivity contribution in [3.05, 3.63) is 47.5 Å². The average molecular weight is 583 g/mol. The predicted octanol–water partition coefficient (Wildman–Crippen LogP) is 4.98. The molecular weight excluding hydrogens is 548 g/mol. The largest absolute Gasteiger partial charge is 0.378 e. The van der Waals surface area contributed by atoms with E-state index in [1.165, 1.54) is 0 Å². The maximum absolute atomic E-state index is 12.6. The number of hydrogen-bond acceptors (Lipinski definition) is 8. The average Bonchev–Trinajstić information content (AvgIpc) is 3.69. The van der Waals surface area contributed by atoms with Crippen molar-refractivity contribution < 1.29 is 14.3 Å². The van der Waals surface area contributed by atoms with Gasteiger partial charge in [0.25, 0.3) is 0 Å². The van der Waals surface area contributed by atoms with Crippen molar-refractivity contribution in [3.63, 3.8) is 0 Å². The third-order valence-electron chi connectivity index (χ3n) is 8.02. The number of ether oxygens (including phenoxy) is 1. The number of fused-ring (bicyclic) bond motifs is 2. The number of rotatable bonds is 7. The SMILES string of the molecule is C=C(CC)C(=O)CCC(=O)N1CCC(C#Cc2cc3nc(-c4cccc5[nH]ncc45)nc(N4CCOCC4)c3s2)CC1. The molecule has 1 N–H and O–H groups in total. The number of nitrogens with zero attached hydrogens (tertiary/aromatic N) is 5. The summed E-state index contributed by atoms with van der Waals surface area (Å²) in [4.78, 5) is 39.8. The molecule has 0 aliphatic carbocycles. The van der Waals surface area contributed by atoms with E-state index in [2.05, 4.69) is 39.6 Å². The molecule has 0 atom stereocenters. The second-order valence-electron chi connectivity index (χ2n) is 10.7. The molecule has 216 valence electrons. The summed E-state index contributed by atoms with van der Waals surface area (Å²) in [6.45, 7) is 9.92. The zero-order valence-electron chi connectivity index (χ0n) is 23.8. The standard InChI is InChI=1S/C32H34N6O3S/c1-3-21(2)28(39)9-10-29(40)37-13-11-22(12-14-37)7-8-23-19-27-30(42-23)32(38-15-17-41-18-16-38)35-31(34-27)24-5-4-6-26-25(24)20-33-36-26/h4-6,19-20,22H,2-3,9-18H2,1H3,(H,33,36). The number of benzene rings is 1. The number of morpholine rings is 1. The number of nitrogens with one attached hydrogen (secondary N) is 1. The second kappa shape index (κ2) is 12.4. The Kier molecular flexibility index (Phi) is 8.31. The van der Waals surface area contributed by atoms with E-state index in [0.29, 0.717) is 44.1 Å². The summed E-state index contributed by atoms with van der Waals surface area (Å²) in [6.07, 6.45) is 4.60. The highest BCUT2D eigenvalue weighted by Gasteiger charge is 2.23. The molecule has 10 heteroatoms. The molecule has 6 rings (SSSR count). The lowest BCUT2D eigenvalue weighted by Crippen LogP contribution is -2.38. The van der Waals surface area contributed by atoms with Crippen LogP contribution in [0.15, 0.2) is 42.6 Å². The van der Waals surface area contributed by atoms with Crippen LogP contribution in [0.1, 0.15) is 43.9 Å². The van der Waals surface area contributed by atoms with Gasteiger partial charge in [-0.05, 0) is 37.0 Å². The fraction of sp³-hybridized carbons (Fsp3) is 0.406. The predicted molar refractivity (Wildman–Crippen MR) is 165 cm³/mol. The van der Waals surface area contributed by atoms with Crippen LogP contribution in [0.5, 0.6) is 0 Å². The van der Waals surface area contributed by atoms with Crippen LogP contribution in [0.2, 0.25) is 0 Å². The number of ketones is 1. The third kappa shape index (κ3) is 5.94. The van der Waals surface area contributed by atoms with Gasteiger partial charge in [-0.3, -0.25) is 14.7 Å². The van der Waals surface area contributed by atoms with Gasteiger partial charge in [0.2, 0.25) is 5.91 Å². The fourth-order valence-electron chi connectivity index (χ4n) is 5.45. The Hall–Kier alpha value is -4.07. The van der Waals surface area contributed by atoms with Crippen LogP contribution in [0.4, 0.5) is 5.82 Å². The number of Topliss-reactive ketones (excluding diaryl/α,β-unsaturated/α-hetero) is 1. The van der Waals surface area contributed by atoms with Gasteiger partial charge in [0.05, 0.1) is 40.0 Å². The van der Waals surface area contributed by atoms with Gasteiger partial charge in [-0.2, -0.15) is 5.10 Å². The summed E-state index contributed by atoms with van der Waals surface area (Å²) in [5, 5.41) is 8.24. The zero-order chi connectivity index (χ0) is 29.1. The lowest BCUT2D eigenvalue weighted by molar-refractivity contribution is -0.133. The molecule has 0 unspecified atom stereocenters. The molecule has 5 heterocycles. The van der Waals surface area contributed by atoms with Crippen LogP contribution < -0.4 is 4.90 Å². The van der Waals surface area contributed by atoms with Crippen molar-refractivity contribution in [1.82, 2.24) is 25.1 Å². The zero-order valence-corrected chi connectivity index (χ0v) is 24.6. The minimum absolute atomic E-state index is 0.0120. The molecule has 42 heavy (non-hydrogen) atoms. The first-order valence-corrected chi connectivity index (χ1v) is 15.4. The normalized spacial score (nSPS) is 16.0. The Morgan fingerprint density at radius 3 is 2.74 bits per heavy atom. The number of hydrogen-bond donors (Lipinski definition) is 1. The van der Waals surface area contributed by atoms with Gasteiger partial charge in [-0.25, -0.2) is 9.97 Å². The number of anilines is 1. The molecule has 1 amide bonds. The molecule has 3 aromatic heterocycles. The summed E-state index contributed by atoms with van der Waals surface area (Å²) in [7, 11) is 0. The minimum Gasteiger partial charge on any atom is -0.378 e. The first-order chi connectivity index (χ1) is 20.5. The Morgan fingerprint density at radius 1 is 1.14 bits per heavy atom. The lowest BCUT2D eigenvalue weighted by atomic mass is 9.97. The third-order valence-corrected chi connectivity index (χ3v) is 9.06. The second-order valence-corrected chi connectivity index (χ2v) is 11.8. The van der Waals surface area contributed by atoms with Gasteiger partial charge in [-0.15, -0.1) is 11.3 Å². The summed E-state index contributed by atoms with van der Waals surface area (Å²) in [5.41, 5.74) is 3.37. The molecule has 0 spiro atoms. The molecule has 2 saturated heterocycles. The van der Waals surface area contributed by atoms with E-state index < -0.39 is 0 Å². The Morgan fingerprint density at radius 2 is 1.95 bits per heavy atom. The fourth-order valence-corrected chi connectivity index (χ4v) is 6.42. The minimum atomic E-state index is -0.0120. The molecule has 0 bridgehead atoms. The number of piperidine rings is 1. The first kappa shape index (κ1) is 28.1. The monoisotopic (exact) mass is 582 g/mol. The molecule has 0 radical (unpaired) electrons. The molecule has 2 aliphatic heterocycles. The first-order valence-electron chi connectivity index (χ1n) is 14.6.